The number of rotatable bonds is 0. The Morgan fingerprint density at radius 1 is 1.86 bits per heavy atom. The quantitative estimate of drug-likeness (QED) is 0.424. The van der Waals surface area contributed by atoms with Crippen LogP contribution in [0.25, 0.3) is 0 Å². The van der Waals surface area contributed by atoms with Crippen molar-refractivity contribution in [2.45, 2.75) is 6.92 Å². The number of hydrogen-bond donors (Lipinski definition) is 2. The van der Waals surface area contributed by atoms with Gasteiger partial charge in [-0.05, 0) is 6.92 Å². The molecule has 0 spiro atoms. The molecule has 1 heterocycles. The fourth-order valence-corrected chi connectivity index (χ4v) is 0.373. The van der Waals surface area contributed by atoms with Gasteiger partial charge in [-0.2, -0.15) is 0 Å². The van der Waals surface area contributed by atoms with E-state index in [1.807, 2.05) is 0 Å². The highest BCUT2D eigenvalue weighted by molar-refractivity contribution is 4.94. The lowest BCUT2D eigenvalue weighted by atomic mass is 10.6. The van der Waals surface area contributed by atoms with Gasteiger partial charge in [0, 0.05) is 17.2 Å². The first-order valence-electron chi connectivity index (χ1n) is 1.94. The Hall–Kier alpha value is -0.770. The fourth-order valence-electron chi connectivity index (χ4n) is 0.373. The van der Waals surface area contributed by atoms with Crippen LogP contribution in [0.5, 0.6) is 0 Å². The van der Waals surface area contributed by atoms with Crippen LogP contribution in [0, 0.1) is 0 Å². The zero-order valence-electron chi connectivity index (χ0n) is 3.90. The lowest BCUT2D eigenvalue weighted by Crippen LogP contribution is -2.30. The Morgan fingerprint density at radius 3 is 2.71 bits per heavy atom. The molecule has 0 saturated carbocycles. The van der Waals surface area contributed by atoms with Crippen LogP contribution in [0.3, 0.4) is 0 Å². The molecule has 0 bridgehead atoms. The number of allylic oxidation sites excluding steroid dienone is 1. The highest BCUT2D eigenvalue weighted by atomic mass is 19.2. The molecule has 0 aromatic heterocycles. The summed E-state index contributed by atoms with van der Waals surface area (Å²) in [5, 5.41) is 0.287. The van der Waals surface area contributed by atoms with E-state index in [0.29, 0.717) is 0 Å². The van der Waals surface area contributed by atoms with Crippen molar-refractivity contribution in [3.63, 3.8) is 0 Å². The van der Waals surface area contributed by atoms with Crippen molar-refractivity contribution in [2.24, 2.45) is 0 Å². The standard InChI is InChI=1S/C3H6FN3/c1-3-2-5-7(4)6-3/h2,5-6H,1H3. The van der Waals surface area contributed by atoms with Crippen LogP contribution in [0.2, 0.25) is 0 Å². The molecule has 0 aliphatic carbocycles. The Balaban J connectivity index is 2.42. The van der Waals surface area contributed by atoms with Gasteiger partial charge in [0.2, 0.25) is 0 Å². The molecule has 7 heavy (non-hydrogen) atoms. The smallest absolute Gasteiger partial charge is 0.0449 e. The first-order chi connectivity index (χ1) is 3.29. The lowest BCUT2D eigenvalue weighted by molar-refractivity contribution is -0.0432. The van der Waals surface area contributed by atoms with Gasteiger partial charge in [0.25, 0.3) is 0 Å². The normalized spacial score (nSPS) is 20.6. The summed E-state index contributed by atoms with van der Waals surface area (Å²) in [6.07, 6.45) is 1.53. The maximum Gasteiger partial charge on any atom is 0.0449 e. The molecule has 0 saturated heterocycles. The Bertz CT molecular complexity index is 100. The molecule has 4 heteroatoms. The van der Waals surface area contributed by atoms with Crippen molar-refractivity contribution in [1.82, 2.24) is 16.2 Å². The molecule has 0 unspecified atom stereocenters. The van der Waals surface area contributed by atoms with Crippen molar-refractivity contribution in [1.29, 1.82) is 0 Å². The van der Waals surface area contributed by atoms with Gasteiger partial charge in [0.1, 0.15) is 0 Å². The second-order valence-corrected chi connectivity index (χ2v) is 1.35. The molecular formula is C3H6FN3. The van der Waals surface area contributed by atoms with Gasteiger partial charge >= 0.3 is 0 Å². The molecule has 0 fully saturated rings. The average molecular weight is 103 g/mol. The minimum absolute atomic E-state index is 0.287. The van der Waals surface area contributed by atoms with E-state index >= 15 is 0 Å². The Labute approximate surface area is 40.7 Å². The largest absolute Gasteiger partial charge is 0.279 e. The SMILES string of the molecule is CC1=CNN(F)N1. The third-order valence-electron chi connectivity index (χ3n) is 0.669. The summed E-state index contributed by atoms with van der Waals surface area (Å²) in [5.74, 6) is 0. The average Bonchev–Trinajstić information content (AvgIpc) is 1.87. The zero-order valence-corrected chi connectivity index (χ0v) is 3.90. The van der Waals surface area contributed by atoms with E-state index in [1.165, 1.54) is 6.20 Å². The van der Waals surface area contributed by atoms with E-state index < -0.39 is 0 Å². The summed E-state index contributed by atoms with van der Waals surface area (Å²) in [7, 11) is 0. The van der Waals surface area contributed by atoms with Crippen LogP contribution in [0.4, 0.5) is 4.48 Å². The van der Waals surface area contributed by atoms with E-state index in [2.05, 4.69) is 10.9 Å². The van der Waals surface area contributed by atoms with Crippen molar-refractivity contribution in [3.8, 4) is 0 Å². The molecule has 0 atom stereocenters. The lowest BCUT2D eigenvalue weighted by Gasteiger charge is -2.01. The predicted octanol–water partition coefficient (Wildman–Crippen LogP) is 0.0570. The van der Waals surface area contributed by atoms with Crippen LogP contribution in [0.15, 0.2) is 11.9 Å². The molecule has 0 amide bonds. The molecule has 3 nitrogen and oxygen atoms in total. The van der Waals surface area contributed by atoms with E-state index in [1.54, 1.807) is 6.92 Å². The molecule has 0 radical (unpaired) electrons. The first-order valence-corrected chi connectivity index (χ1v) is 1.94. The predicted molar refractivity (Wildman–Crippen MR) is 23.0 cm³/mol. The van der Waals surface area contributed by atoms with Crippen molar-refractivity contribution in [2.75, 3.05) is 0 Å². The number of nitrogens with zero attached hydrogens (tertiary/aromatic N) is 1. The molecule has 40 valence electrons. The minimum Gasteiger partial charge on any atom is -0.279 e. The second kappa shape index (κ2) is 1.38. The highest BCUT2D eigenvalue weighted by Gasteiger charge is 2.03. The topological polar surface area (TPSA) is 27.3 Å². The molecule has 0 aromatic rings. The van der Waals surface area contributed by atoms with Gasteiger partial charge in [-0.1, -0.05) is 4.48 Å². The summed E-state index contributed by atoms with van der Waals surface area (Å²) in [6.45, 7) is 1.76. The van der Waals surface area contributed by atoms with Crippen molar-refractivity contribution < 1.29 is 4.48 Å². The molecule has 1 aliphatic heterocycles. The van der Waals surface area contributed by atoms with Crippen LogP contribution >= 0.6 is 0 Å². The number of nitrogens with one attached hydrogen (secondary N) is 2. The fraction of sp³-hybridized carbons (Fsp3) is 0.333. The zero-order chi connectivity index (χ0) is 5.28. The molecule has 1 aliphatic rings. The molecule has 2 N–H and O–H groups in total. The summed E-state index contributed by atoms with van der Waals surface area (Å²) in [4.78, 5) is 0. The number of halogens is 1. The van der Waals surface area contributed by atoms with Crippen LogP contribution in [0.1, 0.15) is 6.92 Å². The number of hydrazine groups is 2. The van der Waals surface area contributed by atoms with Gasteiger partial charge in [-0.25, -0.2) is 0 Å². The summed E-state index contributed by atoms with van der Waals surface area (Å²) < 4.78 is 11.7. The first kappa shape index (κ1) is 4.39. The van der Waals surface area contributed by atoms with Gasteiger partial charge in [0.15, 0.2) is 0 Å². The number of hydrogen-bond acceptors (Lipinski definition) is 3. The van der Waals surface area contributed by atoms with Crippen LogP contribution in [-0.2, 0) is 0 Å². The summed E-state index contributed by atoms with van der Waals surface area (Å²) >= 11 is 0. The second-order valence-electron chi connectivity index (χ2n) is 1.35. The maximum atomic E-state index is 11.7. The van der Waals surface area contributed by atoms with Crippen molar-refractivity contribution in [3.05, 3.63) is 11.9 Å². The highest BCUT2D eigenvalue weighted by Crippen LogP contribution is 1.93. The van der Waals surface area contributed by atoms with E-state index in [9.17, 15) is 4.48 Å². The van der Waals surface area contributed by atoms with E-state index in [-0.39, 0.29) is 5.34 Å². The van der Waals surface area contributed by atoms with Gasteiger partial charge < -0.3 is 0 Å². The van der Waals surface area contributed by atoms with Gasteiger partial charge in [-0.15, -0.1) is 0 Å². The van der Waals surface area contributed by atoms with E-state index in [0.717, 1.165) is 5.70 Å². The van der Waals surface area contributed by atoms with Crippen LogP contribution in [-0.4, -0.2) is 5.34 Å². The third-order valence-corrected chi connectivity index (χ3v) is 0.669. The summed E-state index contributed by atoms with van der Waals surface area (Å²) in [5.41, 5.74) is 5.36. The minimum atomic E-state index is 0.287. The molecular weight excluding hydrogens is 97.1 g/mol. The molecule has 1 rings (SSSR count). The van der Waals surface area contributed by atoms with E-state index in [4.69, 9.17) is 0 Å². The Morgan fingerprint density at radius 2 is 2.57 bits per heavy atom. The maximum absolute atomic E-state index is 11.7. The third kappa shape index (κ3) is 0.806. The summed E-state index contributed by atoms with van der Waals surface area (Å²) in [6, 6.07) is 0. The Kier molecular flexibility index (Phi) is 0.867. The van der Waals surface area contributed by atoms with Crippen molar-refractivity contribution >= 4 is 0 Å². The molecule has 0 aromatic carbocycles. The van der Waals surface area contributed by atoms with Gasteiger partial charge in [0.05, 0.1) is 0 Å². The van der Waals surface area contributed by atoms with Crippen LogP contribution < -0.4 is 10.9 Å². The monoisotopic (exact) mass is 103 g/mol. The van der Waals surface area contributed by atoms with Gasteiger partial charge in [-0.3, -0.25) is 10.9 Å².